The highest BCUT2D eigenvalue weighted by Gasteiger charge is 2.35. The number of anilines is 3. The van der Waals surface area contributed by atoms with Crippen molar-refractivity contribution in [2.45, 2.75) is 57.3 Å². The van der Waals surface area contributed by atoms with Crippen molar-refractivity contribution in [3.8, 4) is 44.5 Å². The third kappa shape index (κ3) is 6.26. The van der Waals surface area contributed by atoms with E-state index in [0.29, 0.717) is 5.92 Å². The summed E-state index contributed by atoms with van der Waals surface area (Å²) >= 11 is 1.88. The zero-order valence-corrected chi connectivity index (χ0v) is 36.8. The van der Waals surface area contributed by atoms with Crippen LogP contribution in [0.2, 0.25) is 0 Å². The molecule has 1 fully saturated rings. The Balaban J connectivity index is 1.06. The topological polar surface area (TPSA) is 3.24 Å². The van der Waals surface area contributed by atoms with Crippen molar-refractivity contribution in [3.63, 3.8) is 0 Å². The van der Waals surface area contributed by atoms with Crippen LogP contribution in [0.4, 0.5) is 17.1 Å². The second kappa shape index (κ2) is 15.3. The van der Waals surface area contributed by atoms with Gasteiger partial charge in [-0.15, -0.1) is 11.3 Å². The van der Waals surface area contributed by atoms with Gasteiger partial charge in [-0.2, -0.15) is 0 Å². The lowest BCUT2D eigenvalue weighted by Gasteiger charge is -2.31. The molecule has 0 N–H and O–H groups in total. The maximum absolute atomic E-state index is 2.53. The average Bonchev–Trinajstić information content (AvgIpc) is 3.84. The smallest absolute Gasteiger partial charge is 0.0540 e. The number of fused-ring (bicyclic) bond motifs is 7. The van der Waals surface area contributed by atoms with Gasteiger partial charge in [0, 0.05) is 42.4 Å². The summed E-state index contributed by atoms with van der Waals surface area (Å²) in [5, 5.41) is 5.38. The Labute approximate surface area is 374 Å². The van der Waals surface area contributed by atoms with Gasteiger partial charge in [0.15, 0.2) is 0 Å². The highest BCUT2D eigenvalue weighted by atomic mass is 32.1. The molecule has 1 heterocycles. The number of thiophene rings is 1. The van der Waals surface area contributed by atoms with Gasteiger partial charge in [0.25, 0.3) is 0 Å². The van der Waals surface area contributed by atoms with E-state index in [0.717, 1.165) is 11.4 Å². The molecule has 0 atom stereocenters. The van der Waals surface area contributed by atoms with E-state index in [-0.39, 0.29) is 5.41 Å². The number of benzene rings is 9. The fraction of sp³-hybridized carbons (Fsp3) is 0.148. The lowest BCUT2D eigenvalue weighted by Crippen LogP contribution is -2.15. The van der Waals surface area contributed by atoms with Crippen molar-refractivity contribution in [3.05, 3.63) is 211 Å². The number of hydrogen-bond donors (Lipinski definition) is 0. The number of para-hydroxylation sites is 2. The number of hydrogen-bond acceptors (Lipinski definition) is 2. The van der Waals surface area contributed by atoms with E-state index in [1.54, 1.807) is 0 Å². The summed E-state index contributed by atoms with van der Waals surface area (Å²) in [6.07, 6.45) is 6.49. The normalized spacial score (nSPS) is 14.6. The molecule has 0 radical (unpaired) electrons. The van der Waals surface area contributed by atoms with Crippen LogP contribution < -0.4 is 4.90 Å². The zero-order valence-electron chi connectivity index (χ0n) is 35.9. The molecular weight excluding hydrogens is 779 g/mol. The van der Waals surface area contributed by atoms with Gasteiger partial charge < -0.3 is 4.90 Å². The van der Waals surface area contributed by atoms with Gasteiger partial charge in [0.2, 0.25) is 0 Å². The van der Waals surface area contributed by atoms with Crippen LogP contribution in [0, 0.1) is 0 Å². The molecule has 63 heavy (non-hydrogen) atoms. The fourth-order valence-electron chi connectivity index (χ4n) is 11.2. The summed E-state index contributed by atoms with van der Waals surface area (Å²) in [6, 6.07) is 73.2. The Morgan fingerprint density at radius 3 is 1.87 bits per heavy atom. The Bertz CT molecular complexity index is 3360. The molecule has 2 aliphatic rings. The molecule has 304 valence electrons. The lowest BCUT2D eigenvalue weighted by molar-refractivity contribution is 0.445. The summed E-state index contributed by atoms with van der Waals surface area (Å²) in [6.45, 7) is 4.76. The largest absolute Gasteiger partial charge is 0.309 e. The molecular formula is C61H49NS. The van der Waals surface area contributed by atoms with Crippen molar-refractivity contribution in [2.75, 3.05) is 4.90 Å². The van der Waals surface area contributed by atoms with Gasteiger partial charge in [0.05, 0.1) is 11.4 Å². The predicted octanol–water partition coefficient (Wildman–Crippen LogP) is 18.0. The van der Waals surface area contributed by atoms with E-state index in [9.17, 15) is 0 Å². The van der Waals surface area contributed by atoms with Crippen LogP contribution >= 0.6 is 11.3 Å². The van der Waals surface area contributed by atoms with Crippen LogP contribution in [-0.4, -0.2) is 0 Å². The van der Waals surface area contributed by atoms with Crippen LogP contribution in [0.1, 0.15) is 68.6 Å². The number of nitrogens with zero attached hydrogens (tertiary/aromatic N) is 1. The van der Waals surface area contributed by atoms with E-state index in [1.807, 2.05) is 11.3 Å². The Morgan fingerprint density at radius 2 is 1.05 bits per heavy atom. The van der Waals surface area contributed by atoms with E-state index in [1.165, 1.54) is 130 Å². The standard InChI is InChI=1S/C61H49NS/c1-61(2)53-28-10-6-22-48(53)49-38-35-43(39-54(49)61)45-21-7-11-29-55(45)62(44-36-33-41(34-37-44)47-26-16-32-58-60(47)52-24-9-13-31-57(52)63-58)56-30-12-8-23-50(56)51-27-15-20-42-19-14-25-46(59(42)51)40-17-4-3-5-18-40/h6-16,19-40H,3-5,17-18H2,1-2H3. The Morgan fingerprint density at radius 1 is 0.444 bits per heavy atom. The molecule has 0 spiro atoms. The molecule has 12 rings (SSSR count). The maximum Gasteiger partial charge on any atom is 0.0540 e. The highest BCUT2D eigenvalue weighted by Crippen LogP contribution is 2.52. The van der Waals surface area contributed by atoms with Gasteiger partial charge >= 0.3 is 0 Å². The highest BCUT2D eigenvalue weighted by molar-refractivity contribution is 7.25. The SMILES string of the molecule is CC1(C)c2ccccc2-c2ccc(-c3ccccc3N(c3ccc(-c4cccc5sc6ccccc6c45)cc3)c3ccccc3-c3cccc4cccc(C5CCCCC5)c34)cc21. The third-order valence-corrected chi connectivity index (χ3v) is 15.4. The van der Waals surface area contributed by atoms with E-state index in [2.05, 4.69) is 213 Å². The minimum absolute atomic E-state index is 0.0972. The van der Waals surface area contributed by atoms with Gasteiger partial charge in [-0.1, -0.05) is 185 Å². The molecule has 1 nitrogen and oxygen atoms in total. The summed E-state index contributed by atoms with van der Waals surface area (Å²) < 4.78 is 2.65. The van der Waals surface area contributed by atoms with Crippen molar-refractivity contribution < 1.29 is 0 Å². The molecule has 0 saturated heterocycles. The second-order valence-electron chi connectivity index (χ2n) is 18.2. The molecule has 1 saturated carbocycles. The van der Waals surface area contributed by atoms with Crippen molar-refractivity contribution in [2.24, 2.45) is 0 Å². The van der Waals surface area contributed by atoms with Gasteiger partial charge in [0.1, 0.15) is 0 Å². The average molecular weight is 828 g/mol. The van der Waals surface area contributed by atoms with Gasteiger partial charge in [-0.25, -0.2) is 0 Å². The van der Waals surface area contributed by atoms with E-state index in [4.69, 9.17) is 0 Å². The Hall–Kier alpha value is -6.74. The summed E-state index contributed by atoms with van der Waals surface area (Å²) in [5.41, 5.74) is 17.8. The third-order valence-electron chi connectivity index (χ3n) is 14.3. The van der Waals surface area contributed by atoms with E-state index < -0.39 is 0 Å². The van der Waals surface area contributed by atoms with Crippen LogP contribution in [0.3, 0.4) is 0 Å². The molecule has 0 amide bonds. The van der Waals surface area contributed by atoms with Crippen molar-refractivity contribution in [1.29, 1.82) is 0 Å². The maximum atomic E-state index is 2.53. The molecule has 0 bridgehead atoms. The van der Waals surface area contributed by atoms with Crippen molar-refractivity contribution >= 4 is 59.3 Å². The summed E-state index contributed by atoms with van der Waals surface area (Å²) in [5.74, 6) is 0.583. The minimum atomic E-state index is -0.0972. The molecule has 0 aliphatic heterocycles. The van der Waals surface area contributed by atoms with Crippen LogP contribution in [0.5, 0.6) is 0 Å². The van der Waals surface area contributed by atoms with Crippen LogP contribution in [0.15, 0.2) is 194 Å². The minimum Gasteiger partial charge on any atom is -0.309 e. The van der Waals surface area contributed by atoms with Crippen LogP contribution in [0.25, 0.3) is 75.5 Å². The van der Waals surface area contributed by atoms with Gasteiger partial charge in [-0.3, -0.25) is 0 Å². The van der Waals surface area contributed by atoms with Gasteiger partial charge in [-0.05, 0) is 122 Å². The number of rotatable bonds is 7. The van der Waals surface area contributed by atoms with Crippen molar-refractivity contribution in [1.82, 2.24) is 0 Å². The van der Waals surface area contributed by atoms with Crippen LogP contribution in [-0.2, 0) is 5.41 Å². The molecule has 10 aromatic rings. The van der Waals surface area contributed by atoms with E-state index >= 15 is 0 Å². The first kappa shape index (κ1) is 38.0. The molecule has 0 unspecified atom stereocenters. The first-order valence-corrected chi connectivity index (χ1v) is 23.6. The molecule has 2 heteroatoms. The molecule has 1 aromatic heterocycles. The summed E-state index contributed by atoms with van der Waals surface area (Å²) in [4.78, 5) is 2.53. The molecule has 9 aromatic carbocycles. The molecule has 2 aliphatic carbocycles. The Kier molecular flexibility index (Phi) is 9.20. The second-order valence-corrected chi connectivity index (χ2v) is 19.3. The predicted molar refractivity (Wildman–Crippen MR) is 271 cm³/mol. The fourth-order valence-corrected chi connectivity index (χ4v) is 12.4. The quantitative estimate of drug-likeness (QED) is 0.155. The first-order valence-electron chi connectivity index (χ1n) is 22.8. The summed E-state index contributed by atoms with van der Waals surface area (Å²) in [7, 11) is 0. The monoisotopic (exact) mass is 827 g/mol. The lowest BCUT2D eigenvalue weighted by atomic mass is 9.80. The first-order chi connectivity index (χ1) is 31.0. The zero-order chi connectivity index (χ0) is 42.1.